The third-order valence-corrected chi connectivity index (χ3v) is 4.86. The number of nitrogens with zero attached hydrogens (tertiary/aromatic N) is 3. The summed E-state index contributed by atoms with van der Waals surface area (Å²) in [6.45, 7) is 3.21. The third kappa shape index (κ3) is 5.77. The number of anilines is 1. The summed E-state index contributed by atoms with van der Waals surface area (Å²) in [7, 11) is 0. The van der Waals surface area contributed by atoms with Crippen molar-refractivity contribution in [2.24, 2.45) is 0 Å². The van der Waals surface area contributed by atoms with Gasteiger partial charge in [-0.15, -0.1) is 0 Å². The molecule has 1 aromatic heterocycles. The fourth-order valence-corrected chi connectivity index (χ4v) is 3.21. The largest absolute Gasteiger partial charge is 0.368 e. The molecule has 0 atom stereocenters. The van der Waals surface area contributed by atoms with E-state index in [1.54, 1.807) is 24.5 Å². The topological polar surface area (TPSA) is 65.5 Å². The molecule has 1 saturated heterocycles. The SMILES string of the molecule is O=C(CCCC(=O)N1CCN(c2ccc(F)cc2)CC1)NCc1ccncc1. The van der Waals surface area contributed by atoms with Crippen molar-refractivity contribution < 1.29 is 14.0 Å². The Morgan fingerprint density at radius 2 is 1.64 bits per heavy atom. The van der Waals surface area contributed by atoms with Gasteiger partial charge in [-0.2, -0.15) is 0 Å². The van der Waals surface area contributed by atoms with Crippen LogP contribution < -0.4 is 10.2 Å². The van der Waals surface area contributed by atoms with Gasteiger partial charge in [0.05, 0.1) is 0 Å². The second-order valence-electron chi connectivity index (χ2n) is 6.83. The predicted octanol–water partition coefficient (Wildman–Crippen LogP) is 2.36. The molecule has 0 unspecified atom stereocenters. The van der Waals surface area contributed by atoms with Gasteiger partial charge in [0, 0.05) is 63.6 Å². The summed E-state index contributed by atoms with van der Waals surface area (Å²) in [4.78, 5) is 32.2. The molecule has 6 nitrogen and oxygen atoms in total. The summed E-state index contributed by atoms with van der Waals surface area (Å²) >= 11 is 0. The van der Waals surface area contributed by atoms with Crippen LogP contribution >= 0.6 is 0 Å². The van der Waals surface area contributed by atoms with Crippen molar-refractivity contribution in [2.45, 2.75) is 25.8 Å². The van der Waals surface area contributed by atoms with E-state index in [1.807, 2.05) is 17.0 Å². The number of halogens is 1. The maximum Gasteiger partial charge on any atom is 0.222 e. The van der Waals surface area contributed by atoms with Crippen molar-refractivity contribution in [3.05, 3.63) is 60.2 Å². The van der Waals surface area contributed by atoms with Gasteiger partial charge < -0.3 is 15.1 Å². The molecule has 1 aromatic carbocycles. The molecule has 0 aliphatic carbocycles. The van der Waals surface area contributed by atoms with Crippen molar-refractivity contribution in [1.29, 1.82) is 0 Å². The molecule has 0 saturated carbocycles. The Morgan fingerprint density at radius 1 is 0.964 bits per heavy atom. The van der Waals surface area contributed by atoms with E-state index in [4.69, 9.17) is 0 Å². The lowest BCUT2D eigenvalue weighted by molar-refractivity contribution is -0.131. The minimum absolute atomic E-state index is 0.0502. The third-order valence-electron chi connectivity index (χ3n) is 4.86. The molecular weight excluding hydrogens is 359 g/mol. The summed E-state index contributed by atoms with van der Waals surface area (Å²) in [5, 5.41) is 2.86. The van der Waals surface area contributed by atoms with Crippen LogP contribution in [0.25, 0.3) is 0 Å². The molecule has 2 heterocycles. The van der Waals surface area contributed by atoms with Gasteiger partial charge in [0.15, 0.2) is 0 Å². The minimum atomic E-state index is -0.248. The minimum Gasteiger partial charge on any atom is -0.368 e. The summed E-state index contributed by atoms with van der Waals surface area (Å²) in [5.74, 6) is -0.214. The van der Waals surface area contributed by atoms with E-state index in [9.17, 15) is 14.0 Å². The molecular formula is C21H25FN4O2. The molecule has 0 radical (unpaired) electrons. The normalized spacial score (nSPS) is 14.0. The molecule has 1 N–H and O–H groups in total. The molecule has 148 valence electrons. The standard InChI is InChI=1S/C21H25FN4O2/c22-18-4-6-19(7-5-18)25-12-14-26(15-13-25)21(28)3-1-2-20(27)24-16-17-8-10-23-11-9-17/h4-11H,1-3,12-16H2,(H,24,27). The lowest BCUT2D eigenvalue weighted by Gasteiger charge is -2.36. The van der Waals surface area contributed by atoms with Crippen molar-refractivity contribution in [1.82, 2.24) is 15.2 Å². The predicted molar refractivity (Wildman–Crippen MR) is 105 cm³/mol. The Morgan fingerprint density at radius 3 is 2.32 bits per heavy atom. The molecule has 1 aliphatic rings. The maximum atomic E-state index is 13.0. The zero-order valence-electron chi connectivity index (χ0n) is 15.8. The van der Waals surface area contributed by atoms with Crippen molar-refractivity contribution in [2.75, 3.05) is 31.1 Å². The first-order chi connectivity index (χ1) is 13.6. The second-order valence-corrected chi connectivity index (χ2v) is 6.83. The summed E-state index contributed by atoms with van der Waals surface area (Å²) in [5.41, 5.74) is 1.97. The number of aromatic nitrogens is 1. The van der Waals surface area contributed by atoms with E-state index in [0.717, 1.165) is 24.3 Å². The van der Waals surface area contributed by atoms with Gasteiger partial charge in [0.1, 0.15) is 5.82 Å². The highest BCUT2D eigenvalue weighted by Gasteiger charge is 2.21. The monoisotopic (exact) mass is 384 g/mol. The van der Waals surface area contributed by atoms with Crippen LogP contribution in [0.15, 0.2) is 48.8 Å². The van der Waals surface area contributed by atoms with Crippen LogP contribution in [-0.4, -0.2) is 47.9 Å². The lowest BCUT2D eigenvalue weighted by atomic mass is 10.2. The Balaban J connectivity index is 1.33. The van der Waals surface area contributed by atoms with E-state index in [0.29, 0.717) is 38.9 Å². The Kier molecular flexibility index (Phi) is 6.94. The second kappa shape index (κ2) is 9.82. The van der Waals surface area contributed by atoms with Gasteiger partial charge in [0.2, 0.25) is 11.8 Å². The van der Waals surface area contributed by atoms with E-state index in [2.05, 4.69) is 15.2 Å². The van der Waals surface area contributed by atoms with E-state index in [-0.39, 0.29) is 17.6 Å². The van der Waals surface area contributed by atoms with Crippen LogP contribution in [0.5, 0.6) is 0 Å². The van der Waals surface area contributed by atoms with Crippen LogP contribution in [-0.2, 0) is 16.1 Å². The quantitative estimate of drug-likeness (QED) is 0.796. The van der Waals surface area contributed by atoms with Crippen LogP contribution in [0.3, 0.4) is 0 Å². The number of nitrogens with one attached hydrogen (secondary N) is 1. The fraction of sp³-hybridized carbons (Fsp3) is 0.381. The number of benzene rings is 1. The van der Waals surface area contributed by atoms with E-state index >= 15 is 0 Å². The van der Waals surface area contributed by atoms with Gasteiger partial charge in [-0.25, -0.2) is 4.39 Å². The zero-order valence-corrected chi connectivity index (χ0v) is 15.8. The lowest BCUT2D eigenvalue weighted by Crippen LogP contribution is -2.48. The first kappa shape index (κ1) is 19.8. The number of amides is 2. The van der Waals surface area contributed by atoms with E-state index < -0.39 is 0 Å². The molecule has 2 amide bonds. The maximum absolute atomic E-state index is 13.0. The van der Waals surface area contributed by atoms with E-state index in [1.165, 1.54) is 12.1 Å². The average molecular weight is 384 g/mol. The first-order valence-electron chi connectivity index (χ1n) is 9.56. The highest BCUT2D eigenvalue weighted by molar-refractivity contribution is 5.79. The molecule has 0 spiro atoms. The number of rotatable bonds is 7. The molecule has 0 bridgehead atoms. The molecule has 3 rings (SSSR count). The van der Waals surface area contributed by atoms with Crippen molar-refractivity contribution >= 4 is 17.5 Å². The summed E-state index contributed by atoms with van der Waals surface area (Å²) < 4.78 is 13.0. The zero-order chi connectivity index (χ0) is 19.8. The smallest absolute Gasteiger partial charge is 0.222 e. The average Bonchev–Trinajstić information content (AvgIpc) is 2.73. The Bertz CT molecular complexity index is 775. The molecule has 7 heteroatoms. The van der Waals surface area contributed by atoms with Crippen molar-refractivity contribution in [3.8, 4) is 0 Å². The number of hydrogen-bond donors (Lipinski definition) is 1. The van der Waals surface area contributed by atoms with Crippen LogP contribution in [0.4, 0.5) is 10.1 Å². The number of carbonyl (C=O) groups excluding carboxylic acids is 2. The molecule has 1 fully saturated rings. The Hall–Kier alpha value is -2.96. The number of piperazine rings is 1. The highest BCUT2D eigenvalue weighted by Crippen LogP contribution is 2.17. The number of pyridine rings is 1. The molecule has 2 aromatic rings. The van der Waals surface area contributed by atoms with Crippen molar-refractivity contribution in [3.63, 3.8) is 0 Å². The Labute approximate surface area is 164 Å². The van der Waals surface area contributed by atoms with Crippen LogP contribution in [0, 0.1) is 5.82 Å². The van der Waals surface area contributed by atoms with Gasteiger partial charge in [-0.05, 0) is 48.4 Å². The number of hydrogen-bond acceptors (Lipinski definition) is 4. The summed E-state index contributed by atoms with van der Waals surface area (Å²) in [6, 6.07) is 10.1. The van der Waals surface area contributed by atoms with Gasteiger partial charge >= 0.3 is 0 Å². The van der Waals surface area contributed by atoms with Gasteiger partial charge in [0.25, 0.3) is 0 Å². The number of carbonyl (C=O) groups is 2. The fourth-order valence-electron chi connectivity index (χ4n) is 3.21. The van der Waals surface area contributed by atoms with Gasteiger partial charge in [-0.1, -0.05) is 0 Å². The highest BCUT2D eigenvalue weighted by atomic mass is 19.1. The van der Waals surface area contributed by atoms with Gasteiger partial charge in [-0.3, -0.25) is 14.6 Å². The summed E-state index contributed by atoms with van der Waals surface area (Å²) in [6.07, 6.45) is 4.64. The van der Waals surface area contributed by atoms with Crippen LogP contribution in [0.2, 0.25) is 0 Å². The molecule has 1 aliphatic heterocycles. The first-order valence-corrected chi connectivity index (χ1v) is 9.56. The molecule has 28 heavy (non-hydrogen) atoms. The van der Waals surface area contributed by atoms with Crippen LogP contribution in [0.1, 0.15) is 24.8 Å².